The third-order valence-electron chi connectivity index (χ3n) is 6.07. The van der Waals surface area contributed by atoms with Crippen LogP contribution in [0.25, 0.3) is 0 Å². The van der Waals surface area contributed by atoms with E-state index in [0.717, 1.165) is 5.56 Å². The van der Waals surface area contributed by atoms with Gasteiger partial charge in [-0.05, 0) is 29.7 Å². The van der Waals surface area contributed by atoms with Gasteiger partial charge in [-0.3, -0.25) is 4.79 Å². The molecule has 1 aliphatic heterocycles. The maximum Gasteiger partial charge on any atom is 0.407 e. The standard InChI is InChI=1S/C24H24F2N2O5/c1-32-22(30)16-7-8-17-13-28(21(29)18(17)11-16)20-9-10-24(25,26)12-19(20)27-23(31)33-14-15-5-3-2-4-6-15/h2-8,11,19-20H,9-10,12-14H2,1H3,(H,27,31)/t19-,20+/m0/s1. The van der Waals surface area contributed by atoms with Gasteiger partial charge in [-0.25, -0.2) is 18.4 Å². The Kier molecular flexibility index (Phi) is 6.31. The molecule has 0 unspecified atom stereocenters. The van der Waals surface area contributed by atoms with Gasteiger partial charge >= 0.3 is 12.1 Å². The molecular formula is C24H24F2N2O5. The number of hydrogen-bond acceptors (Lipinski definition) is 5. The summed E-state index contributed by atoms with van der Waals surface area (Å²) in [7, 11) is 1.25. The molecule has 2 aromatic rings. The topological polar surface area (TPSA) is 84.9 Å². The van der Waals surface area contributed by atoms with E-state index in [1.807, 2.05) is 6.07 Å². The van der Waals surface area contributed by atoms with Crippen molar-refractivity contribution in [3.05, 3.63) is 70.8 Å². The number of methoxy groups -OCH3 is 1. The second-order valence-electron chi connectivity index (χ2n) is 8.28. The number of nitrogens with one attached hydrogen (secondary N) is 1. The van der Waals surface area contributed by atoms with Crippen molar-refractivity contribution in [3.8, 4) is 0 Å². The van der Waals surface area contributed by atoms with Gasteiger partial charge in [0.1, 0.15) is 6.61 Å². The molecule has 0 aromatic heterocycles. The van der Waals surface area contributed by atoms with E-state index in [9.17, 15) is 23.2 Å². The molecule has 33 heavy (non-hydrogen) atoms. The van der Waals surface area contributed by atoms with Crippen LogP contribution in [-0.2, 0) is 22.6 Å². The number of fused-ring (bicyclic) bond motifs is 1. The highest BCUT2D eigenvalue weighted by Gasteiger charge is 2.47. The molecule has 2 amide bonds. The number of benzene rings is 2. The van der Waals surface area contributed by atoms with Crippen LogP contribution in [0.5, 0.6) is 0 Å². The summed E-state index contributed by atoms with van der Waals surface area (Å²) in [6, 6.07) is 12.1. The highest BCUT2D eigenvalue weighted by atomic mass is 19.3. The molecule has 0 saturated heterocycles. The van der Waals surface area contributed by atoms with Crippen molar-refractivity contribution in [2.45, 2.75) is 50.4 Å². The molecule has 9 heteroatoms. The molecule has 0 bridgehead atoms. The molecule has 1 heterocycles. The largest absolute Gasteiger partial charge is 0.465 e. The summed E-state index contributed by atoms with van der Waals surface area (Å²) < 4.78 is 38.3. The van der Waals surface area contributed by atoms with Crippen LogP contribution in [0.2, 0.25) is 0 Å². The highest BCUT2D eigenvalue weighted by molar-refractivity contribution is 6.01. The Morgan fingerprint density at radius 2 is 1.94 bits per heavy atom. The average molecular weight is 458 g/mol. The Hall–Kier alpha value is -3.49. The number of carbonyl (C=O) groups is 3. The molecule has 1 fully saturated rings. The zero-order chi connectivity index (χ0) is 23.6. The van der Waals surface area contributed by atoms with Gasteiger partial charge < -0.3 is 19.7 Å². The Morgan fingerprint density at radius 3 is 2.67 bits per heavy atom. The molecule has 2 aromatic carbocycles. The van der Waals surface area contributed by atoms with Gasteiger partial charge in [0.25, 0.3) is 5.91 Å². The van der Waals surface area contributed by atoms with E-state index < -0.39 is 36.5 Å². The van der Waals surface area contributed by atoms with E-state index >= 15 is 0 Å². The van der Waals surface area contributed by atoms with Gasteiger partial charge in [-0.2, -0.15) is 0 Å². The molecule has 2 aliphatic rings. The first-order valence-corrected chi connectivity index (χ1v) is 10.6. The van der Waals surface area contributed by atoms with Gasteiger partial charge in [0.2, 0.25) is 5.92 Å². The van der Waals surface area contributed by atoms with E-state index in [1.165, 1.54) is 18.1 Å². The second kappa shape index (κ2) is 9.17. The molecule has 4 rings (SSSR count). The Morgan fingerprint density at radius 1 is 1.18 bits per heavy atom. The van der Waals surface area contributed by atoms with Gasteiger partial charge in [0.05, 0.1) is 24.8 Å². The number of amides is 2. The fourth-order valence-electron chi connectivity index (χ4n) is 4.39. The minimum absolute atomic E-state index is 0.00481. The van der Waals surface area contributed by atoms with Crippen molar-refractivity contribution < 1.29 is 32.6 Å². The molecule has 0 spiro atoms. The van der Waals surface area contributed by atoms with Gasteiger partial charge in [-0.15, -0.1) is 0 Å². The molecule has 174 valence electrons. The predicted octanol–water partition coefficient (Wildman–Crippen LogP) is 3.91. The number of rotatable bonds is 5. The molecular weight excluding hydrogens is 434 g/mol. The fourth-order valence-corrected chi connectivity index (χ4v) is 4.39. The summed E-state index contributed by atoms with van der Waals surface area (Å²) in [4.78, 5) is 38.8. The number of ether oxygens (including phenoxy) is 2. The second-order valence-corrected chi connectivity index (χ2v) is 8.28. The van der Waals surface area contributed by atoms with E-state index in [4.69, 9.17) is 9.47 Å². The lowest BCUT2D eigenvalue weighted by Crippen LogP contribution is -2.56. The van der Waals surface area contributed by atoms with Crippen LogP contribution in [0.3, 0.4) is 0 Å². The zero-order valence-electron chi connectivity index (χ0n) is 18.1. The summed E-state index contributed by atoms with van der Waals surface area (Å²) in [6.07, 6.45) is -1.77. The molecule has 7 nitrogen and oxygen atoms in total. The predicted molar refractivity (Wildman–Crippen MR) is 114 cm³/mol. The van der Waals surface area contributed by atoms with Crippen molar-refractivity contribution in [1.29, 1.82) is 0 Å². The summed E-state index contributed by atoms with van der Waals surface area (Å²) >= 11 is 0. The fraction of sp³-hybridized carbons (Fsp3) is 0.375. The molecule has 1 saturated carbocycles. The van der Waals surface area contributed by atoms with Crippen LogP contribution < -0.4 is 5.32 Å². The number of alkyl halides is 2. The monoisotopic (exact) mass is 458 g/mol. The Labute approximate surface area is 189 Å². The van der Waals surface area contributed by atoms with Crippen molar-refractivity contribution in [2.24, 2.45) is 0 Å². The number of alkyl carbamates (subject to hydrolysis) is 1. The maximum atomic E-state index is 14.2. The van der Waals surface area contributed by atoms with Crippen molar-refractivity contribution in [1.82, 2.24) is 10.2 Å². The highest BCUT2D eigenvalue weighted by Crippen LogP contribution is 2.38. The molecule has 0 radical (unpaired) electrons. The summed E-state index contributed by atoms with van der Waals surface area (Å²) in [5.41, 5.74) is 2.03. The lowest BCUT2D eigenvalue weighted by Gasteiger charge is -2.40. The normalized spacial score (nSPS) is 21.3. The lowest BCUT2D eigenvalue weighted by molar-refractivity contribution is -0.0636. The number of hydrogen-bond donors (Lipinski definition) is 1. The van der Waals surface area contributed by atoms with Crippen molar-refractivity contribution in [3.63, 3.8) is 0 Å². The first-order valence-electron chi connectivity index (χ1n) is 10.6. The maximum absolute atomic E-state index is 14.2. The van der Waals surface area contributed by atoms with Crippen LogP contribution >= 0.6 is 0 Å². The third kappa shape index (κ3) is 4.97. The number of carbonyl (C=O) groups excluding carboxylic acids is 3. The van der Waals surface area contributed by atoms with E-state index in [2.05, 4.69) is 5.32 Å². The van der Waals surface area contributed by atoms with Gasteiger partial charge in [-0.1, -0.05) is 36.4 Å². The minimum Gasteiger partial charge on any atom is -0.465 e. The van der Waals surface area contributed by atoms with Crippen molar-refractivity contribution >= 4 is 18.0 Å². The zero-order valence-corrected chi connectivity index (χ0v) is 18.1. The Bertz CT molecular complexity index is 1060. The number of esters is 1. The first kappa shape index (κ1) is 22.7. The van der Waals surface area contributed by atoms with Crippen LogP contribution in [-0.4, -0.2) is 48.0 Å². The van der Waals surface area contributed by atoms with Crippen LogP contribution in [0.4, 0.5) is 13.6 Å². The van der Waals surface area contributed by atoms with Gasteiger partial charge in [0, 0.05) is 24.9 Å². The quantitative estimate of drug-likeness (QED) is 0.687. The van der Waals surface area contributed by atoms with Crippen LogP contribution in [0, 0.1) is 0 Å². The molecule has 1 N–H and O–H groups in total. The number of nitrogens with zero attached hydrogens (tertiary/aromatic N) is 1. The van der Waals surface area contributed by atoms with Crippen LogP contribution in [0.15, 0.2) is 48.5 Å². The average Bonchev–Trinajstić information content (AvgIpc) is 3.13. The van der Waals surface area contributed by atoms with E-state index in [-0.39, 0.29) is 37.5 Å². The Balaban J connectivity index is 1.48. The first-order chi connectivity index (χ1) is 15.8. The SMILES string of the molecule is COC(=O)c1ccc2c(c1)C(=O)N([C@@H]1CCC(F)(F)C[C@@H]1NC(=O)OCc1ccccc1)C2. The summed E-state index contributed by atoms with van der Waals surface area (Å²) in [6.45, 7) is 0.216. The van der Waals surface area contributed by atoms with E-state index in [1.54, 1.807) is 36.4 Å². The summed E-state index contributed by atoms with van der Waals surface area (Å²) in [5.74, 6) is -3.89. The third-order valence-corrected chi connectivity index (χ3v) is 6.07. The van der Waals surface area contributed by atoms with E-state index in [0.29, 0.717) is 11.1 Å². The smallest absolute Gasteiger partial charge is 0.407 e. The lowest BCUT2D eigenvalue weighted by atomic mass is 9.86. The minimum atomic E-state index is -2.96. The molecule has 1 aliphatic carbocycles. The number of halogens is 2. The van der Waals surface area contributed by atoms with Gasteiger partial charge in [0.15, 0.2) is 0 Å². The van der Waals surface area contributed by atoms with Crippen molar-refractivity contribution in [2.75, 3.05) is 7.11 Å². The van der Waals surface area contributed by atoms with Crippen LogP contribution in [0.1, 0.15) is 51.1 Å². The molecule has 2 atom stereocenters. The summed E-state index contributed by atoms with van der Waals surface area (Å²) in [5, 5.41) is 2.55.